The van der Waals surface area contributed by atoms with Crippen molar-refractivity contribution in [1.29, 1.82) is 0 Å². The van der Waals surface area contributed by atoms with Gasteiger partial charge in [-0.15, -0.1) is 0 Å². The fourth-order valence-corrected chi connectivity index (χ4v) is 2.27. The molecule has 2 aromatic heterocycles. The highest BCUT2D eigenvalue weighted by atomic mass is 16.5. The summed E-state index contributed by atoms with van der Waals surface area (Å²) in [5, 5.41) is 3.33. The number of aliphatic imine (C=N–C) groups is 1. The zero-order valence-corrected chi connectivity index (χ0v) is 14.3. The molecule has 0 aliphatic rings. The van der Waals surface area contributed by atoms with Gasteiger partial charge in [-0.1, -0.05) is 0 Å². The van der Waals surface area contributed by atoms with Crippen LogP contribution in [0.1, 0.15) is 18.2 Å². The molecule has 23 heavy (non-hydrogen) atoms. The SMILES string of the molecule is CCNC(=NCc1ccnc(OC)c1)N(C)Cc1cccn1C. The summed E-state index contributed by atoms with van der Waals surface area (Å²) in [5.41, 5.74) is 2.31. The lowest BCUT2D eigenvalue weighted by Crippen LogP contribution is -2.38. The number of nitrogens with zero attached hydrogens (tertiary/aromatic N) is 4. The maximum Gasteiger partial charge on any atom is 0.213 e. The minimum atomic E-state index is 0.582. The van der Waals surface area contributed by atoms with Crippen LogP contribution in [0.4, 0.5) is 0 Å². The van der Waals surface area contributed by atoms with E-state index in [1.807, 2.05) is 19.2 Å². The molecule has 0 radical (unpaired) electrons. The van der Waals surface area contributed by atoms with Crippen molar-refractivity contribution in [2.24, 2.45) is 12.0 Å². The quantitative estimate of drug-likeness (QED) is 0.654. The molecule has 0 spiro atoms. The molecule has 6 heteroatoms. The molecule has 2 rings (SSSR count). The molecular weight excluding hydrogens is 290 g/mol. The number of guanidine groups is 1. The van der Waals surface area contributed by atoms with E-state index in [9.17, 15) is 0 Å². The van der Waals surface area contributed by atoms with Crippen LogP contribution in [0.25, 0.3) is 0 Å². The number of ether oxygens (including phenoxy) is 1. The molecule has 0 saturated heterocycles. The van der Waals surface area contributed by atoms with E-state index in [0.29, 0.717) is 12.4 Å². The summed E-state index contributed by atoms with van der Waals surface area (Å²) in [5.74, 6) is 1.49. The van der Waals surface area contributed by atoms with E-state index < -0.39 is 0 Å². The maximum atomic E-state index is 5.15. The van der Waals surface area contributed by atoms with Crippen molar-refractivity contribution in [2.75, 3.05) is 20.7 Å². The number of methoxy groups -OCH3 is 1. The van der Waals surface area contributed by atoms with E-state index in [1.54, 1.807) is 13.3 Å². The molecule has 0 aliphatic carbocycles. The smallest absolute Gasteiger partial charge is 0.213 e. The van der Waals surface area contributed by atoms with Gasteiger partial charge in [0.2, 0.25) is 5.88 Å². The summed E-state index contributed by atoms with van der Waals surface area (Å²) in [4.78, 5) is 10.9. The van der Waals surface area contributed by atoms with E-state index in [1.165, 1.54) is 5.69 Å². The van der Waals surface area contributed by atoms with Gasteiger partial charge in [0.1, 0.15) is 0 Å². The molecule has 124 valence electrons. The fourth-order valence-electron chi connectivity index (χ4n) is 2.27. The molecule has 0 saturated carbocycles. The second-order valence-electron chi connectivity index (χ2n) is 5.34. The van der Waals surface area contributed by atoms with E-state index in [0.717, 1.165) is 24.6 Å². The van der Waals surface area contributed by atoms with Gasteiger partial charge in [-0.05, 0) is 30.7 Å². The Morgan fingerprint density at radius 3 is 2.91 bits per heavy atom. The predicted octanol–water partition coefficient (Wildman–Crippen LogP) is 2.03. The third kappa shape index (κ3) is 4.74. The third-order valence-corrected chi connectivity index (χ3v) is 3.57. The van der Waals surface area contributed by atoms with Crippen LogP contribution in [-0.4, -0.2) is 41.1 Å². The van der Waals surface area contributed by atoms with E-state index in [-0.39, 0.29) is 0 Å². The molecule has 0 atom stereocenters. The second-order valence-corrected chi connectivity index (χ2v) is 5.34. The van der Waals surface area contributed by atoms with Crippen molar-refractivity contribution in [3.05, 3.63) is 47.9 Å². The minimum Gasteiger partial charge on any atom is -0.481 e. The zero-order chi connectivity index (χ0) is 16.7. The molecular formula is C17H25N5O. The molecule has 0 aliphatic heterocycles. The standard InChI is InChI=1S/C17H25N5O/c1-5-18-17(22(3)13-15-7-6-10-21(15)2)20-12-14-8-9-19-16(11-14)23-4/h6-11H,5,12-13H2,1-4H3,(H,18,20). The van der Waals surface area contributed by atoms with Gasteiger partial charge in [0.05, 0.1) is 20.2 Å². The van der Waals surface area contributed by atoms with Gasteiger partial charge in [0.25, 0.3) is 0 Å². The molecule has 2 heterocycles. The van der Waals surface area contributed by atoms with Gasteiger partial charge in [-0.25, -0.2) is 9.98 Å². The van der Waals surface area contributed by atoms with Crippen molar-refractivity contribution in [2.45, 2.75) is 20.0 Å². The van der Waals surface area contributed by atoms with Crippen LogP contribution >= 0.6 is 0 Å². The first-order chi connectivity index (χ1) is 11.1. The monoisotopic (exact) mass is 315 g/mol. The Labute approximate surface area is 137 Å². The maximum absolute atomic E-state index is 5.15. The summed E-state index contributed by atoms with van der Waals surface area (Å²) in [7, 11) is 5.71. The summed E-state index contributed by atoms with van der Waals surface area (Å²) in [6.45, 7) is 4.28. The summed E-state index contributed by atoms with van der Waals surface area (Å²) in [6.07, 6.45) is 3.79. The molecule has 0 bridgehead atoms. The largest absolute Gasteiger partial charge is 0.481 e. The van der Waals surface area contributed by atoms with Gasteiger partial charge in [0.15, 0.2) is 5.96 Å². The zero-order valence-electron chi connectivity index (χ0n) is 14.3. The van der Waals surface area contributed by atoms with E-state index in [2.05, 4.69) is 52.1 Å². The molecule has 0 unspecified atom stereocenters. The summed E-state index contributed by atoms with van der Waals surface area (Å²) in [6, 6.07) is 8.03. The van der Waals surface area contributed by atoms with E-state index >= 15 is 0 Å². The lowest BCUT2D eigenvalue weighted by Gasteiger charge is -2.22. The summed E-state index contributed by atoms with van der Waals surface area (Å²) < 4.78 is 7.27. The van der Waals surface area contributed by atoms with Crippen LogP contribution < -0.4 is 10.1 Å². The van der Waals surface area contributed by atoms with Crippen LogP contribution in [0.5, 0.6) is 5.88 Å². The number of nitrogens with one attached hydrogen (secondary N) is 1. The van der Waals surface area contributed by atoms with Crippen LogP contribution in [0.3, 0.4) is 0 Å². The number of rotatable bonds is 6. The number of aryl methyl sites for hydroxylation is 1. The van der Waals surface area contributed by atoms with Crippen molar-refractivity contribution >= 4 is 5.96 Å². The van der Waals surface area contributed by atoms with Crippen molar-refractivity contribution < 1.29 is 4.74 Å². The fraction of sp³-hybridized carbons (Fsp3) is 0.412. The van der Waals surface area contributed by atoms with Gasteiger partial charge in [0, 0.05) is 44.8 Å². The number of hydrogen-bond donors (Lipinski definition) is 1. The summed E-state index contributed by atoms with van der Waals surface area (Å²) >= 11 is 0. The highest BCUT2D eigenvalue weighted by Gasteiger charge is 2.08. The molecule has 0 aromatic carbocycles. The van der Waals surface area contributed by atoms with Crippen molar-refractivity contribution in [3.8, 4) is 5.88 Å². The van der Waals surface area contributed by atoms with Crippen molar-refractivity contribution in [3.63, 3.8) is 0 Å². The minimum absolute atomic E-state index is 0.582. The molecule has 0 amide bonds. The third-order valence-electron chi connectivity index (χ3n) is 3.57. The Morgan fingerprint density at radius 1 is 1.43 bits per heavy atom. The van der Waals surface area contributed by atoms with Gasteiger partial charge in [-0.3, -0.25) is 0 Å². The first-order valence-electron chi connectivity index (χ1n) is 7.72. The van der Waals surface area contributed by atoms with Crippen LogP contribution in [-0.2, 0) is 20.1 Å². The lowest BCUT2D eigenvalue weighted by atomic mass is 10.3. The van der Waals surface area contributed by atoms with Crippen molar-refractivity contribution in [1.82, 2.24) is 19.8 Å². The first kappa shape index (κ1) is 16.9. The topological polar surface area (TPSA) is 54.7 Å². The Hall–Kier alpha value is -2.50. The van der Waals surface area contributed by atoms with Crippen LogP contribution in [0.2, 0.25) is 0 Å². The molecule has 6 nitrogen and oxygen atoms in total. The number of aromatic nitrogens is 2. The normalized spacial score (nSPS) is 11.4. The Morgan fingerprint density at radius 2 is 2.26 bits per heavy atom. The van der Waals surface area contributed by atoms with Gasteiger partial charge < -0.3 is 19.5 Å². The predicted molar refractivity (Wildman–Crippen MR) is 92.5 cm³/mol. The highest BCUT2D eigenvalue weighted by molar-refractivity contribution is 5.79. The number of pyridine rings is 1. The molecule has 1 N–H and O–H groups in total. The average Bonchev–Trinajstić information content (AvgIpc) is 2.96. The lowest BCUT2D eigenvalue weighted by molar-refractivity contribution is 0.397. The van der Waals surface area contributed by atoms with Crippen LogP contribution in [0, 0.1) is 0 Å². The Balaban J connectivity index is 2.08. The second kappa shape index (κ2) is 8.22. The number of hydrogen-bond acceptors (Lipinski definition) is 3. The molecule has 0 fully saturated rings. The molecule has 2 aromatic rings. The van der Waals surface area contributed by atoms with E-state index in [4.69, 9.17) is 9.73 Å². The average molecular weight is 315 g/mol. The van der Waals surface area contributed by atoms with Crippen LogP contribution in [0.15, 0.2) is 41.7 Å². The highest BCUT2D eigenvalue weighted by Crippen LogP contribution is 2.10. The Kier molecular flexibility index (Phi) is 6.02. The first-order valence-corrected chi connectivity index (χ1v) is 7.72. The van der Waals surface area contributed by atoms with Gasteiger partial charge >= 0.3 is 0 Å². The van der Waals surface area contributed by atoms with Gasteiger partial charge in [-0.2, -0.15) is 0 Å². The Bertz CT molecular complexity index is 650.